The Hall–Kier alpha value is -3.15. The molecule has 1 fully saturated rings. The van der Waals surface area contributed by atoms with Crippen LogP contribution in [0, 0.1) is 6.92 Å². The number of piperidine rings is 1. The van der Waals surface area contributed by atoms with Gasteiger partial charge in [-0.05, 0) is 44.0 Å². The molecule has 1 atom stereocenters. The van der Waals surface area contributed by atoms with E-state index in [1.165, 1.54) is 0 Å². The normalized spacial score (nSPS) is 17.7. The minimum Gasteiger partial charge on any atom is -0.440 e. The largest absolute Gasteiger partial charge is 0.440 e. The highest BCUT2D eigenvalue weighted by atomic mass is 16.3. The second-order valence-electron chi connectivity index (χ2n) is 7.23. The van der Waals surface area contributed by atoms with Gasteiger partial charge in [0.05, 0.1) is 11.4 Å². The number of carbonyl (C=O) groups excluding carboxylic acids is 1. The lowest BCUT2D eigenvalue weighted by Crippen LogP contribution is -2.39. The fourth-order valence-electron chi connectivity index (χ4n) is 3.87. The number of nitrogens with one attached hydrogen (secondary N) is 1. The van der Waals surface area contributed by atoms with E-state index >= 15 is 0 Å². The SMILES string of the molecule is Cc1ccc2[nH]nc(C(=O)N3CCCC(c4nc5ccccc5o4)C3)c2c1. The molecule has 4 aromatic rings. The number of hydrogen-bond donors (Lipinski definition) is 1. The number of aromatic amines is 1. The van der Waals surface area contributed by atoms with Crippen molar-refractivity contribution in [3.63, 3.8) is 0 Å². The van der Waals surface area contributed by atoms with Gasteiger partial charge in [-0.2, -0.15) is 5.10 Å². The van der Waals surface area contributed by atoms with E-state index in [-0.39, 0.29) is 11.8 Å². The molecule has 1 unspecified atom stereocenters. The van der Waals surface area contributed by atoms with Crippen molar-refractivity contribution in [2.24, 2.45) is 0 Å². The Morgan fingerprint density at radius 1 is 1.26 bits per heavy atom. The number of para-hydroxylation sites is 2. The van der Waals surface area contributed by atoms with E-state index < -0.39 is 0 Å². The maximum absolute atomic E-state index is 13.1. The quantitative estimate of drug-likeness (QED) is 0.585. The van der Waals surface area contributed by atoms with E-state index in [0.717, 1.165) is 52.8 Å². The van der Waals surface area contributed by atoms with Gasteiger partial charge >= 0.3 is 0 Å². The molecule has 0 radical (unpaired) electrons. The molecule has 1 aliphatic heterocycles. The van der Waals surface area contributed by atoms with Crippen LogP contribution in [0.15, 0.2) is 46.9 Å². The van der Waals surface area contributed by atoms with E-state index in [1.807, 2.05) is 54.3 Å². The zero-order valence-electron chi connectivity index (χ0n) is 15.1. The molecule has 3 heterocycles. The summed E-state index contributed by atoms with van der Waals surface area (Å²) < 4.78 is 5.94. The highest BCUT2D eigenvalue weighted by Gasteiger charge is 2.30. The lowest BCUT2D eigenvalue weighted by atomic mass is 9.97. The monoisotopic (exact) mass is 360 g/mol. The van der Waals surface area contributed by atoms with Gasteiger partial charge in [0.2, 0.25) is 0 Å². The van der Waals surface area contributed by atoms with Crippen LogP contribution < -0.4 is 0 Å². The van der Waals surface area contributed by atoms with Crippen LogP contribution in [0.1, 0.15) is 40.7 Å². The van der Waals surface area contributed by atoms with Crippen molar-refractivity contribution in [1.82, 2.24) is 20.1 Å². The predicted octanol–water partition coefficient (Wildman–Crippen LogP) is 4.03. The van der Waals surface area contributed by atoms with Crippen LogP contribution in [-0.4, -0.2) is 39.1 Å². The topological polar surface area (TPSA) is 75.0 Å². The molecule has 5 rings (SSSR count). The first-order valence-corrected chi connectivity index (χ1v) is 9.28. The van der Waals surface area contributed by atoms with E-state index in [1.54, 1.807) is 0 Å². The molecule has 1 amide bonds. The van der Waals surface area contributed by atoms with E-state index in [4.69, 9.17) is 4.42 Å². The number of nitrogens with zero attached hydrogens (tertiary/aromatic N) is 3. The third-order valence-electron chi connectivity index (χ3n) is 5.29. The van der Waals surface area contributed by atoms with Crippen LogP contribution in [0.4, 0.5) is 0 Å². The molecule has 2 aromatic heterocycles. The number of oxazole rings is 1. The van der Waals surface area contributed by atoms with Gasteiger partial charge in [0.25, 0.3) is 5.91 Å². The average molecular weight is 360 g/mol. The number of amides is 1. The van der Waals surface area contributed by atoms with Crippen LogP contribution in [0.2, 0.25) is 0 Å². The maximum Gasteiger partial charge on any atom is 0.275 e. The van der Waals surface area contributed by atoms with Gasteiger partial charge in [0.15, 0.2) is 17.2 Å². The third kappa shape index (κ3) is 2.77. The first kappa shape index (κ1) is 16.1. The molecule has 0 spiro atoms. The fourth-order valence-corrected chi connectivity index (χ4v) is 3.87. The summed E-state index contributed by atoms with van der Waals surface area (Å²) in [5.74, 6) is 0.797. The molecule has 0 aliphatic carbocycles. The lowest BCUT2D eigenvalue weighted by molar-refractivity contribution is 0.0695. The van der Waals surface area contributed by atoms with Crippen LogP contribution in [0.3, 0.4) is 0 Å². The Bertz CT molecular complexity index is 1110. The average Bonchev–Trinajstić information content (AvgIpc) is 3.31. The summed E-state index contributed by atoms with van der Waals surface area (Å²) in [6.45, 7) is 3.35. The third-order valence-corrected chi connectivity index (χ3v) is 5.29. The van der Waals surface area contributed by atoms with Crippen LogP contribution >= 0.6 is 0 Å². The summed E-state index contributed by atoms with van der Waals surface area (Å²) in [5, 5.41) is 8.14. The Kier molecular flexibility index (Phi) is 3.70. The van der Waals surface area contributed by atoms with Gasteiger partial charge in [-0.25, -0.2) is 4.98 Å². The number of aryl methyl sites for hydroxylation is 1. The van der Waals surface area contributed by atoms with Gasteiger partial charge in [-0.15, -0.1) is 0 Å². The summed E-state index contributed by atoms with van der Waals surface area (Å²) in [7, 11) is 0. The highest BCUT2D eigenvalue weighted by molar-refractivity contribution is 6.04. The fraction of sp³-hybridized carbons (Fsp3) is 0.286. The molecular formula is C21H20N4O2. The molecule has 27 heavy (non-hydrogen) atoms. The molecular weight excluding hydrogens is 340 g/mol. The van der Waals surface area contributed by atoms with Gasteiger partial charge in [0.1, 0.15) is 5.52 Å². The summed E-state index contributed by atoms with van der Waals surface area (Å²) in [6.07, 6.45) is 1.90. The number of carbonyl (C=O) groups is 1. The van der Waals surface area contributed by atoms with Crippen LogP contribution in [-0.2, 0) is 0 Å². The minimum absolute atomic E-state index is 0.0346. The number of rotatable bonds is 2. The second kappa shape index (κ2) is 6.23. The number of benzene rings is 2. The molecule has 1 aliphatic rings. The van der Waals surface area contributed by atoms with E-state index in [0.29, 0.717) is 12.2 Å². The van der Waals surface area contributed by atoms with Crippen molar-refractivity contribution >= 4 is 27.9 Å². The second-order valence-corrected chi connectivity index (χ2v) is 7.23. The summed E-state index contributed by atoms with van der Waals surface area (Å²) in [6, 6.07) is 13.8. The Morgan fingerprint density at radius 2 is 2.15 bits per heavy atom. The van der Waals surface area contributed by atoms with Gasteiger partial charge in [-0.1, -0.05) is 23.8 Å². The number of aromatic nitrogens is 3. The number of hydrogen-bond acceptors (Lipinski definition) is 4. The Labute approximate surface area is 156 Å². The predicted molar refractivity (Wildman–Crippen MR) is 103 cm³/mol. The Balaban J connectivity index is 1.43. The minimum atomic E-state index is -0.0346. The first-order chi connectivity index (χ1) is 13.2. The van der Waals surface area contributed by atoms with Gasteiger partial charge in [-0.3, -0.25) is 9.89 Å². The highest BCUT2D eigenvalue weighted by Crippen LogP contribution is 2.30. The van der Waals surface area contributed by atoms with E-state index in [9.17, 15) is 4.79 Å². The van der Waals surface area contributed by atoms with Gasteiger partial charge in [0, 0.05) is 18.5 Å². The van der Waals surface area contributed by atoms with Crippen molar-refractivity contribution in [2.45, 2.75) is 25.7 Å². The number of fused-ring (bicyclic) bond motifs is 2. The molecule has 1 saturated heterocycles. The molecule has 6 heteroatoms. The standard InChI is InChI=1S/C21H20N4O2/c1-13-8-9-16-15(11-13)19(24-23-16)21(26)25-10-4-5-14(12-25)20-22-17-6-2-3-7-18(17)27-20/h2-3,6-9,11,14H,4-5,10,12H2,1H3,(H,23,24). The molecule has 1 N–H and O–H groups in total. The van der Waals surface area contributed by atoms with Crippen LogP contribution in [0.25, 0.3) is 22.0 Å². The zero-order valence-corrected chi connectivity index (χ0v) is 15.1. The maximum atomic E-state index is 13.1. The molecule has 2 aromatic carbocycles. The van der Waals surface area contributed by atoms with Crippen molar-refractivity contribution < 1.29 is 9.21 Å². The number of H-pyrrole nitrogens is 1. The van der Waals surface area contributed by atoms with Crippen molar-refractivity contribution in [3.8, 4) is 0 Å². The molecule has 0 bridgehead atoms. The van der Waals surface area contributed by atoms with Gasteiger partial charge < -0.3 is 9.32 Å². The summed E-state index contributed by atoms with van der Waals surface area (Å²) in [5.41, 5.74) is 4.15. The zero-order chi connectivity index (χ0) is 18.4. The van der Waals surface area contributed by atoms with Crippen molar-refractivity contribution in [3.05, 3.63) is 59.6 Å². The first-order valence-electron chi connectivity index (χ1n) is 9.28. The molecule has 0 saturated carbocycles. The lowest BCUT2D eigenvalue weighted by Gasteiger charge is -2.30. The molecule has 6 nitrogen and oxygen atoms in total. The van der Waals surface area contributed by atoms with Crippen molar-refractivity contribution in [2.75, 3.05) is 13.1 Å². The number of likely N-dealkylation sites (tertiary alicyclic amines) is 1. The van der Waals surface area contributed by atoms with Crippen LogP contribution in [0.5, 0.6) is 0 Å². The smallest absolute Gasteiger partial charge is 0.275 e. The van der Waals surface area contributed by atoms with Crippen molar-refractivity contribution in [1.29, 1.82) is 0 Å². The summed E-state index contributed by atoms with van der Waals surface area (Å²) >= 11 is 0. The molecule has 136 valence electrons. The summed E-state index contributed by atoms with van der Waals surface area (Å²) in [4.78, 5) is 19.6. The Morgan fingerprint density at radius 3 is 3.04 bits per heavy atom. The van der Waals surface area contributed by atoms with E-state index in [2.05, 4.69) is 15.2 Å².